The number of carbonyl (C=O) groups is 1. The second-order valence-corrected chi connectivity index (χ2v) is 6.72. The topological polar surface area (TPSA) is 33.2 Å². The van der Waals surface area contributed by atoms with E-state index in [-0.39, 0.29) is 5.41 Å². The smallest absolute Gasteiger partial charge is 0.225 e. The fourth-order valence-electron chi connectivity index (χ4n) is 3.90. The molecule has 3 aliphatic rings. The van der Waals surface area contributed by atoms with E-state index in [0.717, 1.165) is 38.0 Å². The van der Waals surface area contributed by atoms with Crippen molar-refractivity contribution in [3.05, 3.63) is 30.1 Å². The van der Waals surface area contributed by atoms with Gasteiger partial charge in [-0.3, -0.25) is 4.79 Å². The van der Waals surface area contributed by atoms with Gasteiger partial charge in [0.15, 0.2) is 0 Å². The molecule has 3 heteroatoms. The van der Waals surface area contributed by atoms with Crippen molar-refractivity contribution in [1.82, 2.24) is 9.88 Å². The van der Waals surface area contributed by atoms with E-state index in [1.165, 1.54) is 12.8 Å². The lowest BCUT2D eigenvalue weighted by Gasteiger charge is -2.22. The Kier molecular flexibility index (Phi) is 2.99. The number of fused-ring (bicyclic) bond motifs is 1. The van der Waals surface area contributed by atoms with Gasteiger partial charge in [0.1, 0.15) is 5.69 Å². The van der Waals surface area contributed by atoms with E-state index < -0.39 is 0 Å². The summed E-state index contributed by atoms with van der Waals surface area (Å²) in [5, 5.41) is 0. The molecule has 1 aromatic rings. The van der Waals surface area contributed by atoms with Gasteiger partial charge >= 0.3 is 0 Å². The van der Waals surface area contributed by atoms with Crippen molar-refractivity contribution < 1.29 is 4.79 Å². The van der Waals surface area contributed by atoms with Crippen LogP contribution in [-0.2, 0) is 4.79 Å². The van der Waals surface area contributed by atoms with Crippen molar-refractivity contribution in [3.63, 3.8) is 0 Å². The molecule has 0 bridgehead atoms. The number of hydrogen-bond acceptors (Lipinski definition) is 2. The number of carbonyl (C=O) groups excluding carboxylic acids is 1. The van der Waals surface area contributed by atoms with E-state index in [0.29, 0.717) is 17.7 Å². The molecule has 2 saturated carbocycles. The van der Waals surface area contributed by atoms with Gasteiger partial charge in [-0.2, -0.15) is 0 Å². The van der Waals surface area contributed by atoms with Crippen LogP contribution in [0.4, 0.5) is 0 Å². The summed E-state index contributed by atoms with van der Waals surface area (Å²) in [6.07, 6.45) is 7.55. The first-order valence-electron chi connectivity index (χ1n) is 8.00. The Hall–Kier alpha value is -1.82. The number of nitrogens with zero attached hydrogens (tertiary/aromatic N) is 2. The summed E-state index contributed by atoms with van der Waals surface area (Å²) in [4.78, 5) is 18.8. The number of rotatable bonds is 1. The molecule has 3 fully saturated rings. The van der Waals surface area contributed by atoms with E-state index in [4.69, 9.17) is 0 Å². The highest BCUT2D eigenvalue weighted by atomic mass is 16.2. The summed E-state index contributed by atoms with van der Waals surface area (Å²) < 4.78 is 0. The van der Waals surface area contributed by atoms with E-state index in [9.17, 15) is 4.79 Å². The van der Waals surface area contributed by atoms with Crippen LogP contribution in [0.3, 0.4) is 0 Å². The summed E-state index contributed by atoms with van der Waals surface area (Å²) in [7, 11) is 0. The van der Waals surface area contributed by atoms with Crippen molar-refractivity contribution in [2.75, 3.05) is 13.1 Å². The summed E-state index contributed by atoms with van der Waals surface area (Å²) in [6.45, 7) is 1.76. The lowest BCUT2D eigenvalue weighted by Crippen LogP contribution is -2.35. The molecule has 1 aromatic heterocycles. The second kappa shape index (κ2) is 4.87. The Balaban J connectivity index is 1.45. The normalized spacial score (nSPS) is 30.7. The molecule has 0 N–H and O–H groups in total. The molecular formula is C18H20N2O. The van der Waals surface area contributed by atoms with Gasteiger partial charge in [0.25, 0.3) is 0 Å². The van der Waals surface area contributed by atoms with Crippen LogP contribution in [-0.4, -0.2) is 28.9 Å². The number of aromatic nitrogens is 1. The molecule has 3 nitrogen and oxygen atoms in total. The minimum absolute atomic E-state index is 0.0752. The third kappa shape index (κ3) is 2.33. The van der Waals surface area contributed by atoms with Crippen LogP contribution >= 0.6 is 0 Å². The monoisotopic (exact) mass is 280 g/mol. The zero-order valence-electron chi connectivity index (χ0n) is 12.2. The predicted molar refractivity (Wildman–Crippen MR) is 80.2 cm³/mol. The molecule has 108 valence electrons. The van der Waals surface area contributed by atoms with Crippen LogP contribution in [0.1, 0.15) is 37.8 Å². The van der Waals surface area contributed by atoms with Crippen LogP contribution in [0, 0.1) is 29.1 Å². The molecule has 21 heavy (non-hydrogen) atoms. The number of piperidine rings is 1. The van der Waals surface area contributed by atoms with Gasteiger partial charge in [-0.15, -0.1) is 0 Å². The Labute approximate surface area is 125 Å². The van der Waals surface area contributed by atoms with Crippen molar-refractivity contribution in [3.8, 4) is 11.8 Å². The largest absolute Gasteiger partial charge is 0.341 e. The number of pyridine rings is 1. The standard InChI is InChI=1S/C18H20N2O/c21-17(14-5-1-2-6-14)20-12-15-11-18(15,13-20)9-8-16-7-3-4-10-19-16/h3-4,7,10,14-15H,1-2,5-6,11-13H2/t15-,18+/m1/s1. The summed E-state index contributed by atoms with van der Waals surface area (Å²) in [5.74, 6) is 7.89. The summed E-state index contributed by atoms with van der Waals surface area (Å²) in [5.41, 5.74) is 0.907. The van der Waals surface area contributed by atoms with Crippen LogP contribution < -0.4 is 0 Å². The highest BCUT2D eigenvalue weighted by molar-refractivity contribution is 5.80. The fraction of sp³-hybridized carbons (Fsp3) is 0.556. The first kappa shape index (κ1) is 12.9. The van der Waals surface area contributed by atoms with Gasteiger partial charge < -0.3 is 4.90 Å². The second-order valence-electron chi connectivity index (χ2n) is 6.72. The molecule has 2 atom stereocenters. The van der Waals surface area contributed by atoms with Crippen LogP contribution in [0.2, 0.25) is 0 Å². The molecule has 2 heterocycles. The molecule has 1 aliphatic heterocycles. The third-order valence-electron chi connectivity index (χ3n) is 5.27. The zero-order chi connectivity index (χ0) is 14.3. The molecule has 0 aromatic carbocycles. The lowest BCUT2D eigenvalue weighted by molar-refractivity contribution is -0.134. The first-order valence-corrected chi connectivity index (χ1v) is 8.00. The quantitative estimate of drug-likeness (QED) is 0.740. The number of hydrogen-bond donors (Lipinski definition) is 0. The maximum absolute atomic E-state index is 12.5. The highest BCUT2D eigenvalue weighted by Crippen LogP contribution is 2.57. The molecule has 0 unspecified atom stereocenters. The van der Waals surface area contributed by atoms with E-state index >= 15 is 0 Å². The number of amides is 1. The van der Waals surface area contributed by atoms with Gasteiger partial charge in [-0.05, 0) is 43.2 Å². The minimum Gasteiger partial charge on any atom is -0.341 e. The molecule has 0 radical (unpaired) electrons. The number of likely N-dealkylation sites (tertiary alicyclic amines) is 1. The molecule has 0 spiro atoms. The molecule has 1 saturated heterocycles. The molecule has 2 aliphatic carbocycles. The molecule has 1 amide bonds. The maximum atomic E-state index is 12.5. The Morgan fingerprint density at radius 3 is 2.95 bits per heavy atom. The Bertz CT molecular complexity index is 609. The average molecular weight is 280 g/mol. The van der Waals surface area contributed by atoms with E-state index in [1.807, 2.05) is 18.2 Å². The Morgan fingerprint density at radius 1 is 1.33 bits per heavy atom. The SMILES string of the molecule is O=C(C1CCCC1)N1C[C@H]2C[C@@]2(C#Cc2ccccn2)C1. The minimum atomic E-state index is 0.0752. The first-order chi connectivity index (χ1) is 10.3. The average Bonchev–Trinajstić information content (AvgIpc) is 2.92. The molecule has 4 rings (SSSR count). The summed E-state index contributed by atoms with van der Waals surface area (Å²) in [6, 6.07) is 5.81. The van der Waals surface area contributed by atoms with Gasteiger partial charge in [0, 0.05) is 25.2 Å². The fourth-order valence-corrected chi connectivity index (χ4v) is 3.90. The van der Waals surface area contributed by atoms with E-state index in [1.54, 1.807) is 6.20 Å². The van der Waals surface area contributed by atoms with Gasteiger partial charge in [0.05, 0.1) is 5.41 Å². The summed E-state index contributed by atoms with van der Waals surface area (Å²) >= 11 is 0. The highest BCUT2D eigenvalue weighted by Gasteiger charge is 2.60. The van der Waals surface area contributed by atoms with E-state index in [2.05, 4.69) is 21.7 Å². The lowest BCUT2D eigenvalue weighted by atomic mass is 10.1. The maximum Gasteiger partial charge on any atom is 0.225 e. The predicted octanol–water partition coefficient (Wildman–Crippen LogP) is 2.47. The van der Waals surface area contributed by atoms with Crippen molar-refractivity contribution in [2.24, 2.45) is 17.3 Å². The van der Waals surface area contributed by atoms with Crippen LogP contribution in [0.5, 0.6) is 0 Å². The van der Waals surface area contributed by atoms with Gasteiger partial charge in [-0.1, -0.05) is 24.8 Å². The Morgan fingerprint density at radius 2 is 2.19 bits per heavy atom. The van der Waals surface area contributed by atoms with Gasteiger partial charge in [-0.25, -0.2) is 4.98 Å². The van der Waals surface area contributed by atoms with Crippen molar-refractivity contribution in [2.45, 2.75) is 32.1 Å². The third-order valence-corrected chi connectivity index (χ3v) is 5.27. The van der Waals surface area contributed by atoms with Crippen molar-refractivity contribution in [1.29, 1.82) is 0 Å². The van der Waals surface area contributed by atoms with Crippen LogP contribution in [0.15, 0.2) is 24.4 Å². The van der Waals surface area contributed by atoms with Crippen molar-refractivity contribution >= 4 is 5.91 Å². The van der Waals surface area contributed by atoms with Crippen LogP contribution in [0.25, 0.3) is 0 Å². The van der Waals surface area contributed by atoms with Gasteiger partial charge in [0.2, 0.25) is 5.91 Å². The zero-order valence-corrected chi connectivity index (χ0v) is 12.2. The molecular weight excluding hydrogens is 260 g/mol.